The van der Waals surface area contributed by atoms with Crippen LogP contribution in [0.4, 0.5) is 4.39 Å². The van der Waals surface area contributed by atoms with E-state index in [1.165, 1.54) is 28.8 Å². The van der Waals surface area contributed by atoms with E-state index in [2.05, 4.69) is 15.6 Å². The van der Waals surface area contributed by atoms with Crippen molar-refractivity contribution in [2.75, 3.05) is 13.6 Å². The average Bonchev–Trinajstić information content (AvgIpc) is 3.32. The number of benzene rings is 1. The Kier molecular flexibility index (Phi) is 6.59. The number of likely N-dealkylation sites (N-methyl/N-ethyl adjacent to an activating group) is 1. The quantitative estimate of drug-likeness (QED) is 0.711. The van der Waals surface area contributed by atoms with Gasteiger partial charge in [0.05, 0.1) is 12.3 Å². The molecule has 2 amide bonds. The number of carbonyl (C=O) groups is 2. The summed E-state index contributed by atoms with van der Waals surface area (Å²) in [7, 11) is 1.50. The van der Waals surface area contributed by atoms with E-state index in [1.54, 1.807) is 18.3 Å². The number of carbonyl (C=O) groups excluding carboxylic acids is 2. The van der Waals surface area contributed by atoms with Gasteiger partial charge in [-0.1, -0.05) is 38.1 Å². The summed E-state index contributed by atoms with van der Waals surface area (Å²) in [5, 5.41) is 20.8. The lowest BCUT2D eigenvalue weighted by Gasteiger charge is -2.34. The van der Waals surface area contributed by atoms with Crippen LogP contribution >= 0.6 is 0 Å². The van der Waals surface area contributed by atoms with Gasteiger partial charge in [-0.2, -0.15) is 0 Å². The number of aromatic nitrogens is 3. The lowest BCUT2D eigenvalue weighted by molar-refractivity contribution is -0.144. The van der Waals surface area contributed by atoms with Gasteiger partial charge in [-0.05, 0) is 17.5 Å². The summed E-state index contributed by atoms with van der Waals surface area (Å²) in [5.74, 6) is -1.04. The maximum Gasteiger partial charge on any atom is 0.248 e. The largest absolute Gasteiger partial charge is 0.484 e. The summed E-state index contributed by atoms with van der Waals surface area (Å²) < 4.78 is 20.7. The average molecular weight is 433 g/mol. The molecular formula is C21H28FN5O4. The Morgan fingerprint density at radius 1 is 1.35 bits per heavy atom. The van der Waals surface area contributed by atoms with E-state index in [1.807, 2.05) is 20.8 Å². The zero-order valence-corrected chi connectivity index (χ0v) is 18.1. The molecule has 0 spiro atoms. The van der Waals surface area contributed by atoms with E-state index >= 15 is 0 Å². The van der Waals surface area contributed by atoms with Crippen molar-refractivity contribution < 1.29 is 23.8 Å². The van der Waals surface area contributed by atoms with E-state index < -0.39 is 29.4 Å². The van der Waals surface area contributed by atoms with Crippen LogP contribution in [0.1, 0.15) is 38.9 Å². The molecular weight excluding hydrogens is 405 g/mol. The molecule has 1 aliphatic heterocycles. The highest BCUT2D eigenvalue weighted by molar-refractivity contribution is 5.90. The molecule has 9 nitrogen and oxygen atoms in total. The topological polar surface area (TPSA) is 110 Å². The summed E-state index contributed by atoms with van der Waals surface area (Å²) >= 11 is 0. The monoisotopic (exact) mass is 433 g/mol. The second-order valence-electron chi connectivity index (χ2n) is 8.69. The summed E-state index contributed by atoms with van der Waals surface area (Å²) in [6, 6.07) is 4.53. The summed E-state index contributed by atoms with van der Waals surface area (Å²) in [5.41, 5.74) is -0.135. The van der Waals surface area contributed by atoms with Gasteiger partial charge in [0.15, 0.2) is 11.6 Å². The zero-order valence-electron chi connectivity index (χ0n) is 18.1. The molecule has 2 unspecified atom stereocenters. The highest BCUT2D eigenvalue weighted by Gasteiger charge is 2.45. The number of β-amino-alcohol motifs (C(OH)–C–C–N with tert-alkyl or cyclic N) is 1. The Hall–Kier alpha value is -3.01. The number of hydrogen-bond acceptors (Lipinski definition) is 6. The highest BCUT2D eigenvalue weighted by atomic mass is 19.1. The normalized spacial score (nSPS) is 19.9. The minimum atomic E-state index is -0.771. The highest BCUT2D eigenvalue weighted by Crippen LogP contribution is 2.34. The Bertz CT molecular complexity index is 942. The minimum Gasteiger partial charge on any atom is -0.484 e. The van der Waals surface area contributed by atoms with Gasteiger partial charge >= 0.3 is 0 Å². The van der Waals surface area contributed by atoms with Crippen LogP contribution < -0.4 is 10.1 Å². The second-order valence-corrected chi connectivity index (χ2v) is 8.69. The number of amides is 2. The number of para-hydroxylation sites is 1. The number of ether oxygens (including phenoxy) is 1. The molecule has 0 bridgehead atoms. The number of nitrogens with one attached hydrogen (secondary N) is 1. The Morgan fingerprint density at radius 2 is 2.06 bits per heavy atom. The maximum atomic E-state index is 13.8. The van der Waals surface area contributed by atoms with Crippen LogP contribution in [0.2, 0.25) is 0 Å². The van der Waals surface area contributed by atoms with Crippen molar-refractivity contribution in [1.29, 1.82) is 0 Å². The molecule has 1 aliphatic rings. The molecule has 0 saturated carbocycles. The van der Waals surface area contributed by atoms with Crippen LogP contribution in [0.25, 0.3) is 0 Å². The molecule has 1 fully saturated rings. The Labute approximate surface area is 180 Å². The summed E-state index contributed by atoms with van der Waals surface area (Å²) in [4.78, 5) is 27.1. The Balaban J connectivity index is 1.81. The van der Waals surface area contributed by atoms with Crippen molar-refractivity contribution in [1.82, 2.24) is 25.2 Å². The summed E-state index contributed by atoms with van der Waals surface area (Å²) in [6.07, 6.45) is 0.990. The lowest BCUT2D eigenvalue weighted by Crippen LogP contribution is -2.49. The van der Waals surface area contributed by atoms with E-state index in [0.717, 1.165) is 0 Å². The fourth-order valence-corrected chi connectivity index (χ4v) is 3.73. The van der Waals surface area contributed by atoms with Crippen molar-refractivity contribution in [2.45, 2.75) is 52.0 Å². The first-order valence-corrected chi connectivity index (χ1v) is 10.1. The van der Waals surface area contributed by atoms with Gasteiger partial charge in [0.1, 0.15) is 24.4 Å². The van der Waals surface area contributed by atoms with Crippen LogP contribution in [0.5, 0.6) is 5.75 Å². The zero-order chi connectivity index (χ0) is 22.8. The van der Waals surface area contributed by atoms with Crippen molar-refractivity contribution in [3.05, 3.63) is 42.0 Å². The predicted molar refractivity (Wildman–Crippen MR) is 109 cm³/mol. The number of halogens is 1. The van der Waals surface area contributed by atoms with Crippen LogP contribution in [0, 0.1) is 11.2 Å². The third-order valence-electron chi connectivity index (χ3n) is 5.20. The standard InChI is InChI=1S/C21H28FN5O4/c1-21(2,3)18(20(30)26-11-14(28)9-16(26)19(29)23-4)27-10-13(24-25-27)12-31-17-8-6-5-7-15(17)22/h5-8,10,14,16,18,28H,9,11-12H2,1-4H3,(H,23,29)/t14?,16?,18-/m1/s1. The number of rotatable bonds is 6. The minimum absolute atomic E-state index is 0.0186. The number of likely N-dealkylation sites (tertiary alicyclic amines) is 1. The van der Waals surface area contributed by atoms with Crippen LogP contribution in [0.3, 0.4) is 0 Å². The molecule has 0 aliphatic carbocycles. The molecule has 1 saturated heterocycles. The molecule has 3 rings (SSSR count). The van der Waals surface area contributed by atoms with Gasteiger partial charge in [0, 0.05) is 20.0 Å². The maximum absolute atomic E-state index is 13.8. The third-order valence-corrected chi connectivity index (χ3v) is 5.20. The lowest BCUT2D eigenvalue weighted by atomic mass is 9.85. The molecule has 3 atom stereocenters. The SMILES string of the molecule is CNC(=O)C1CC(O)CN1C(=O)[C@@H](n1cc(COc2ccccc2F)nn1)C(C)(C)C. The second kappa shape index (κ2) is 9.01. The number of aliphatic hydroxyl groups is 1. The van der Waals surface area contributed by atoms with Gasteiger partial charge < -0.3 is 20.1 Å². The fourth-order valence-electron chi connectivity index (χ4n) is 3.73. The van der Waals surface area contributed by atoms with Crippen molar-refractivity contribution >= 4 is 11.8 Å². The van der Waals surface area contributed by atoms with Gasteiger partial charge in [-0.25, -0.2) is 9.07 Å². The smallest absolute Gasteiger partial charge is 0.248 e. The van der Waals surface area contributed by atoms with Crippen molar-refractivity contribution in [3.63, 3.8) is 0 Å². The van der Waals surface area contributed by atoms with E-state index in [9.17, 15) is 19.1 Å². The first kappa shape index (κ1) is 22.7. The molecule has 10 heteroatoms. The van der Waals surface area contributed by atoms with E-state index in [-0.39, 0.29) is 37.1 Å². The van der Waals surface area contributed by atoms with E-state index in [4.69, 9.17) is 4.74 Å². The molecule has 2 heterocycles. The molecule has 1 aromatic carbocycles. The van der Waals surface area contributed by atoms with Gasteiger partial charge in [0.2, 0.25) is 11.8 Å². The van der Waals surface area contributed by atoms with Crippen LogP contribution in [0.15, 0.2) is 30.5 Å². The number of aliphatic hydroxyl groups excluding tert-OH is 1. The summed E-state index contributed by atoms with van der Waals surface area (Å²) in [6.45, 7) is 5.70. The molecule has 0 radical (unpaired) electrons. The van der Waals surface area contributed by atoms with Crippen molar-refractivity contribution in [3.8, 4) is 5.75 Å². The number of nitrogens with zero attached hydrogens (tertiary/aromatic N) is 4. The van der Waals surface area contributed by atoms with Crippen LogP contribution in [-0.4, -0.2) is 62.6 Å². The van der Waals surface area contributed by atoms with Crippen LogP contribution in [-0.2, 0) is 16.2 Å². The van der Waals surface area contributed by atoms with Crippen molar-refractivity contribution in [2.24, 2.45) is 5.41 Å². The van der Waals surface area contributed by atoms with Gasteiger partial charge in [0.25, 0.3) is 0 Å². The first-order valence-electron chi connectivity index (χ1n) is 10.1. The molecule has 2 aromatic rings. The van der Waals surface area contributed by atoms with E-state index in [0.29, 0.717) is 5.69 Å². The molecule has 1 aromatic heterocycles. The molecule has 168 valence electrons. The van der Waals surface area contributed by atoms with Gasteiger partial charge in [-0.3, -0.25) is 9.59 Å². The Morgan fingerprint density at radius 3 is 2.71 bits per heavy atom. The van der Waals surface area contributed by atoms with Gasteiger partial charge in [-0.15, -0.1) is 5.10 Å². The molecule has 2 N–H and O–H groups in total. The third kappa shape index (κ3) is 5.01. The molecule has 31 heavy (non-hydrogen) atoms. The predicted octanol–water partition coefficient (Wildman–Crippen LogP) is 1.29. The fraction of sp³-hybridized carbons (Fsp3) is 0.524. The first-order chi connectivity index (χ1) is 14.6. The number of hydrogen-bond donors (Lipinski definition) is 2.